The van der Waals surface area contributed by atoms with Crippen LogP contribution >= 0.6 is 49.7 Å². The van der Waals surface area contributed by atoms with Crippen LogP contribution in [0.15, 0.2) is 0 Å². The normalized spacial score (nSPS) is 9.69. The zero-order valence-electron chi connectivity index (χ0n) is 7.45. The van der Waals surface area contributed by atoms with E-state index in [1.807, 2.05) is 0 Å². The minimum Gasteiger partial charge on any atom is -0.371 e. The Balaban J connectivity index is 3.00. The van der Waals surface area contributed by atoms with Gasteiger partial charge in [-0.2, -0.15) is 0 Å². The van der Waals surface area contributed by atoms with Crippen LogP contribution in [0.5, 0.6) is 0 Å². The summed E-state index contributed by atoms with van der Waals surface area (Å²) in [5, 5.41) is 3.00. The number of hydrogen-bond acceptors (Lipinski definition) is 2. The molecule has 1 nitrogen and oxygen atoms in total. The fraction of sp³-hybridized carbons (Fsp3) is 0.750. The van der Waals surface area contributed by atoms with Crippen molar-refractivity contribution in [3.8, 4) is 0 Å². The van der Waals surface area contributed by atoms with Gasteiger partial charge in [0.25, 0.3) is 0 Å². The molecule has 5 heteroatoms. The summed E-state index contributed by atoms with van der Waals surface area (Å²) in [6, 6.07) is 0. The summed E-state index contributed by atoms with van der Waals surface area (Å²) in [6.07, 6.45) is 5.66. The third kappa shape index (κ3) is 12.7. The quantitative estimate of drug-likeness (QED) is 0.367. The first-order valence-electron chi connectivity index (χ1n) is 4.31. The Morgan fingerprint density at radius 2 is 1.62 bits per heavy atom. The molecule has 0 bridgehead atoms. The molecule has 76 valence electrons. The number of rotatable bonds is 7. The molecule has 0 aliphatic heterocycles. The number of thiol groups is 2. The molecular weight excluding hydrogens is 238 g/mol. The molecule has 0 aliphatic carbocycles. The van der Waals surface area contributed by atoms with Crippen molar-refractivity contribution in [1.29, 1.82) is 0 Å². The fourth-order valence-corrected chi connectivity index (χ4v) is 1.47. The van der Waals surface area contributed by atoms with E-state index in [1.165, 1.54) is 12.8 Å². The van der Waals surface area contributed by atoms with Crippen LogP contribution in [0.4, 0.5) is 0 Å². The zero-order chi connectivity index (χ0) is 10.1. The van der Waals surface area contributed by atoms with E-state index in [-0.39, 0.29) is 0 Å². The summed E-state index contributed by atoms with van der Waals surface area (Å²) in [5.74, 6) is 0. The average Bonchev–Trinajstić information content (AvgIpc) is 2.01. The molecule has 0 radical (unpaired) electrons. The first kappa shape index (κ1) is 13.7. The van der Waals surface area contributed by atoms with E-state index in [9.17, 15) is 0 Å². The van der Waals surface area contributed by atoms with Crippen LogP contribution in [-0.2, 0) is 0 Å². The van der Waals surface area contributed by atoms with Gasteiger partial charge in [0.15, 0.2) is 0 Å². The van der Waals surface area contributed by atoms with Crippen molar-refractivity contribution < 1.29 is 0 Å². The van der Waals surface area contributed by atoms with Gasteiger partial charge in [0.1, 0.15) is 4.32 Å². The Kier molecular flexibility index (Phi) is 9.73. The predicted molar refractivity (Wildman–Crippen MR) is 74.3 cm³/mol. The maximum absolute atomic E-state index is 4.86. The lowest BCUT2D eigenvalue weighted by Gasteiger charge is -2.02. The average molecular weight is 253 g/mol. The van der Waals surface area contributed by atoms with Crippen LogP contribution in [0.3, 0.4) is 0 Å². The van der Waals surface area contributed by atoms with E-state index < -0.39 is 0 Å². The van der Waals surface area contributed by atoms with Crippen LogP contribution in [0.1, 0.15) is 32.1 Å². The SMILES string of the molecule is S=C(S)CCCCCCNC(=S)S. The van der Waals surface area contributed by atoms with E-state index in [0.717, 1.165) is 30.0 Å². The van der Waals surface area contributed by atoms with Crippen molar-refractivity contribution in [2.45, 2.75) is 32.1 Å². The highest BCUT2D eigenvalue weighted by molar-refractivity contribution is 8.11. The van der Waals surface area contributed by atoms with Crippen molar-refractivity contribution in [3.63, 3.8) is 0 Å². The van der Waals surface area contributed by atoms with Gasteiger partial charge < -0.3 is 5.32 Å². The maximum Gasteiger partial charge on any atom is 0.130 e. The molecule has 0 atom stereocenters. The van der Waals surface area contributed by atoms with E-state index in [0.29, 0.717) is 4.32 Å². The summed E-state index contributed by atoms with van der Waals surface area (Å²) in [4.78, 5) is 0. The lowest BCUT2D eigenvalue weighted by molar-refractivity contribution is 0.647. The fourth-order valence-electron chi connectivity index (χ4n) is 0.950. The molecule has 0 fully saturated rings. The topological polar surface area (TPSA) is 12.0 Å². The van der Waals surface area contributed by atoms with Crippen molar-refractivity contribution in [2.75, 3.05) is 6.54 Å². The van der Waals surface area contributed by atoms with Gasteiger partial charge in [0.2, 0.25) is 0 Å². The lowest BCUT2D eigenvalue weighted by Crippen LogP contribution is -2.17. The van der Waals surface area contributed by atoms with Crippen molar-refractivity contribution in [3.05, 3.63) is 0 Å². The molecule has 1 N–H and O–H groups in total. The smallest absolute Gasteiger partial charge is 0.130 e. The highest BCUT2D eigenvalue weighted by Crippen LogP contribution is 2.05. The molecule has 0 saturated heterocycles. The molecule has 13 heavy (non-hydrogen) atoms. The Morgan fingerprint density at radius 1 is 1.00 bits per heavy atom. The number of hydrogen-bond donors (Lipinski definition) is 3. The van der Waals surface area contributed by atoms with Gasteiger partial charge in [-0.15, -0.1) is 25.3 Å². The minimum absolute atomic E-state index is 0.580. The van der Waals surface area contributed by atoms with Crippen molar-refractivity contribution >= 4 is 58.2 Å². The minimum atomic E-state index is 0.580. The van der Waals surface area contributed by atoms with Crippen molar-refractivity contribution in [1.82, 2.24) is 5.32 Å². The molecule has 0 aliphatic rings. The molecule has 0 saturated carbocycles. The van der Waals surface area contributed by atoms with Crippen LogP contribution < -0.4 is 5.32 Å². The first-order valence-corrected chi connectivity index (χ1v) is 6.02. The van der Waals surface area contributed by atoms with Gasteiger partial charge in [0, 0.05) is 10.7 Å². The summed E-state index contributed by atoms with van der Waals surface area (Å²) in [5.41, 5.74) is 0. The molecule has 0 rings (SSSR count). The van der Waals surface area contributed by atoms with Crippen LogP contribution in [0, 0.1) is 0 Å². The van der Waals surface area contributed by atoms with Crippen LogP contribution in [0.25, 0.3) is 0 Å². The van der Waals surface area contributed by atoms with E-state index in [2.05, 4.69) is 30.6 Å². The van der Waals surface area contributed by atoms with E-state index >= 15 is 0 Å². The molecule has 0 heterocycles. The predicted octanol–water partition coefficient (Wildman–Crippen LogP) is 3.00. The zero-order valence-corrected chi connectivity index (χ0v) is 10.9. The van der Waals surface area contributed by atoms with Gasteiger partial charge in [-0.05, 0) is 19.3 Å². The molecule has 0 unspecified atom stereocenters. The summed E-state index contributed by atoms with van der Waals surface area (Å²) in [7, 11) is 0. The maximum atomic E-state index is 4.86. The number of unbranched alkanes of at least 4 members (excludes halogenated alkanes) is 3. The van der Waals surface area contributed by atoms with Crippen LogP contribution in [0.2, 0.25) is 0 Å². The molecule has 0 aromatic carbocycles. The van der Waals surface area contributed by atoms with Gasteiger partial charge >= 0.3 is 0 Å². The van der Waals surface area contributed by atoms with Gasteiger partial charge in [-0.3, -0.25) is 0 Å². The van der Waals surface area contributed by atoms with Gasteiger partial charge in [-0.25, -0.2) is 0 Å². The second-order valence-electron chi connectivity index (χ2n) is 2.79. The Labute approximate surface area is 102 Å². The monoisotopic (exact) mass is 253 g/mol. The van der Waals surface area contributed by atoms with Gasteiger partial charge in [-0.1, -0.05) is 37.3 Å². The standard InChI is InChI=1S/C8H15NS4/c10-7(11)5-3-1-2-4-6-9-8(12)13/h1-6H2,(H,10,11)(H2,9,12,13). The summed E-state index contributed by atoms with van der Waals surface area (Å²) >= 11 is 17.6. The molecule has 0 aromatic heterocycles. The lowest BCUT2D eigenvalue weighted by atomic mass is 10.1. The number of nitrogens with one attached hydrogen (secondary N) is 1. The Hall–Kier alpha value is 0.680. The van der Waals surface area contributed by atoms with Gasteiger partial charge in [0.05, 0.1) is 0 Å². The largest absolute Gasteiger partial charge is 0.371 e. The van der Waals surface area contributed by atoms with E-state index in [1.54, 1.807) is 0 Å². The molecule has 0 amide bonds. The van der Waals surface area contributed by atoms with Crippen molar-refractivity contribution in [2.24, 2.45) is 0 Å². The molecule has 0 aromatic rings. The third-order valence-corrected chi connectivity index (χ3v) is 2.32. The summed E-state index contributed by atoms with van der Waals surface area (Å²) < 4.78 is 1.39. The second-order valence-corrected chi connectivity index (χ2v) is 5.28. The molecular formula is C8H15NS4. The second kappa shape index (κ2) is 9.24. The highest BCUT2D eigenvalue weighted by atomic mass is 32.1. The Morgan fingerprint density at radius 3 is 2.15 bits per heavy atom. The van der Waals surface area contributed by atoms with E-state index in [4.69, 9.17) is 24.4 Å². The first-order chi connectivity index (χ1) is 6.13. The summed E-state index contributed by atoms with van der Waals surface area (Å²) in [6.45, 7) is 0.924. The third-order valence-electron chi connectivity index (χ3n) is 1.59. The highest BCUT2D eigenvalue weighted by Gasteiger charge is 1.92. The molecule has 0 spiro atoms. The number of thiocarbonyl (C=S) groups is 2. The Bertz CT molecular complexity index is 152. The van der Waals surface area contributed by atoms with Crippen LogP contribution in [-0.4, -0.2) is 15.1 Å².